The number of thiazole rings is 1. The van der Waals surface area contributed by atoms with E-state index in [0.717, 1.165) is 0 Å². The summed E-state index contributed by atoms with van der Waals surface area (Å²) in [6.07, 6.45) is 0.141. The Kier molecular flexibility index (Phi) is 7.27. The van der Waals surface area contributed by atoms with Crippen LogP contribution in [0.25, 0.3) is 0 Å². The maximum absolute atomic E-state index is 14.0. The van der Waals surface area contributed by atoms with E-state index in [1.165, 1.54) is 31.6 Å². The van der Waals surface area contributed by atoms with Crippen molar-refractivity contribution in [3.8, 4) is 11.5 Å². The zero-order valence-corrected chi connectivity index (χ0v) is 19.7. The number of anilines is 2. The van der Waals surface area contributed by atoms with Crippen LogP contribution >= 0.6 is 11.3 Å². The summed E-state index contributed by atoms with van der Waals surface area (Å²) in [5, 5.41) is 4.93. The van der Waals surface area contributed by atoms with E-state index in [9.17, 15) is 14.0 Å². The molecule has 10 heteroatoms. The van der Waals surface area contributed by atoms with Gasteiger partial charge in [-0.3, -0.25) is 14.9 Å². The Morgan fingerprint density at radius 1 is 1.06 bits per heavy atom. The van der Waals surface area contributed by atoms with E-state index in [-0.39, 0.29) is 24.1 Å². The Labute approximate surface area is 200 Å². The summed E-state index contributed by atoms with van der Waals surface area (Å²) in [5.74, 6) is 0.348. The lowest BCUT2D eigenvalue weighted by atomic mass is 10.2. The predicted molar refractivity (Wildman–Crippen MR) is 129 cm³/mol. The number of methoxy groups -OCH3 is 2. The molecule has 0 unspecified atom stereocenters. The van der Waals surface area contributed by atoms with E-state index in [2.05, 4.69) is 10.3 Å². The van der Waals surface area contributed by atoms with Gasteiger partial charge in [0.1, 0.15) is 5.82 Å². The molecule has 3 aromatic rings. The molecule has 1 N–H and O–H groups in total. The van der Waals surface area contributed by atoms with Crippen LogP contribution in [0, 0.1) is 5.82 Å². The fourth-order valence-corrected chi connectivity index (χ4v) is 4.47. The van der Waals surface area contributed by atoms with Gasteiger partial charge in [-0.15, -0.1) is 11.3 Å². The number of hydrogen-bond acceptors (Lipinski definition) is 7. The van der Waals surface area contributed by atoms with Crippen molar-refractivity contribution in [3.05, 3.63) is 64.9 Å². The maximum atomic E-state index is 14.0. The molecule has 0 saturated carbocycles. The van der Waals surface area contributed by atoms with E-state index >= 15 is 0 Å². The second-order valence-electron chi connectivity index (χ2n) is 7.66. The van der Waals surface area contributed by atoms with Gasteiger partial charge in [0.05, 0.1) is 32.0 Å². The molecule has 0 bridgehead atoms. The number of ether oxygens (including phenoxy) is 2. The Balaban J connectivity index is 1.31. The quantitative estimate of drug-likeness (QED) is 0.553. The van der Waals surface area contributed by atoms with Crippen molar-refractivity contribution in [1.29, 1.82) is 0 Å². The van der Waals surface area contributed by atoms with Crippen LogP contribution in [-0.4, -0.2) is 62.1 Å². The lowest BCUT2D eigenvalue weighted by Gasteiger charge is -2.36. The average Bonchev–Trinajstić information content (AvgIpc) is 3.30. The van der Waals surface area contributed by atoms with Gasteiger partial charge in [0.2, 0.25) is 5.91 Å². The largest absolute Gasteiger partial charge is 0.493 e. The van der Waals surface area contributed by atoms with Crippen molar-refractivity contribution < 1.29 is 23.5 Å². The van der Waals surface area contributed by atoms with Crippen LogP contribution in [0.15, 0.2) is 47.8 Å². The summed E-state index contributed by atoms with van der Waals surface area (Å²) >= 11 is 1.26. The molecule has 4 rings (SSSR count). The van der Waals surface area contributed by atoms with E-state index in [4.69, 9.17) is 9.47 Å². The van der Waals surface area contributed by atoms with Crippen molar-refractivity contribution in [2.45, 2.75) is 6.42 Å². The van der Waals surface area contributed by atoms with Crippen LogP contribution < -0.4 is 19.7 Å². The first kappa shape index (κ1) is 23.5. The van der Waals surface area contributed by atoms with Crippen LogP contribution in [0.2, 0.25) is 0 Å². The molecule has 8 nitrogen and oxygen atoms in total. The highest BCUT2D eigenvalue weighted by atomic mass is 32.1. The Hall–Kier alpha value is -3.66. The van der Waals surface area contributed by atoms with Gasteiger partial charge in [-0.05, 0) is 30.3 Å². The molecule has 0 atom stereocenters. The monoisotopic (exact) mass is 484 g/mol. The van der Waals surface area contributed by atoms with Gasteiger partial charge in [0.25, 0.3) is 5.91 Å². The fraction of sp³-hybridized carbons (Fsp3) is 0.292. The zero-order chi connectivity index (χ0) is 24.1. The summed E-state index contributed by atoms with van der Waals surface area (Å²) in [6, 6.07) is 11.5. The van der Waals surface area contributed by atoms with Gasteiger partial charge in [0, 0.05) is 37.1 Å². The molecule has 2 aromatic carbocycles. The van der Waals surface area contributed by atoms with E-state index in [1.807, 2.05) is 4.90 Å². The van der Waals surface area contributed by atoms with Crippen molar-refractivity contribution in [2.75, 3.05) is 50.6 Å². The molecule has 1 aromatic heterocycles. The van der Waals surface area contributed by atoms with Gasteiger partial charge >= 0.3 is 0 Å². The fourth-order valence-electron chi connectivity index (χ4n) is 3.76. The molecule has 0 aliphatic carbocycles. The number of aromatic nitrogens is 1. The van der Waals surface area contributed by atoms with Gasteiger partial charge in [0.15, 0.2) is 16.6 Å². The summed E-state index contributed by atoms with van der Waals surface area (Å²) in [5.41, 5.74) is 1.55. The first-order valence-electron chi connectivity index (χ1n) is 10.7. The van der Waals surface area contributed by atoms with Crippen molar-refractivity contribution in [2.24, 2.45) is 0 Å². The number of hydrogen-bond donors (Lipinski definition) is 1. The van der Waals surface area contributed by atoms with Crippen LogP contribution in [0.3, 0.4) is 0 Å². The Bertz CT molecular complexity index is 1180. The molecular weight excluding hydrogens is 459 g/mol. The highest BCUT2D eigenvalue weighted by Gasteiger charge is 2.23. The number of piperazine rings is 1. The zero-order valence-electron chi connectivity index (χ0n) is 18.9. The highest BCUT2D eigenvalue weighted by molar-refractivity contribution is 7.14. The van der Waals surface area contributed by atoms with Gasteiger partial charge in [-0.2, -0.15) is 0 Å². The van der Waals surface area contributed by atoms with Crippen LogP contribution in [0.4, 0.5) is 15.2 Å². The van der Waals surface area contributed by atoms with Crippen LogP contribution in [0.1, 0.15) is 16.1 Å². The molecular formula is C24H25FN4O4S. The smallest absolute Gasteiger partial charge is 0.257 e. The predicted octanol–water partition coefficient (Wildman–Crippen LogP) is 3.44. The van der Waals surface area contributed by atoms with Gasteiger partial charge in [-0.1, -0.05) is 12.1 Å². The SMILES string of the molecule is COc1ccc(C(=O)Nc2nc(CC(=O)N3CCN(c4ccccc4F)CC3)cs2)cc1OC. The van der Waals surface area contributed by atoms with Gasteiger partial charge in [-0.25, -0.2) is 9.37 Å². The van der Waals surface area contributed by atoms with Crippen molar-refractivity contribution in [3.63, 3.8) is 0 Å². The van der Waals surface area contributed by atoms with Crippen LogP contribution in [0.5, 0.6) is 11.5 Å². The Morgan fingerprint density at radius 2 is 1.79 bits per heavy atom. The third-order valence-electron chi connectivity index (χ3n) is 5.58. The minimum Gasteiger partial charge on any atom is -0.493 e. The number of amides is 2. The van der Waals surface area contributed by atoms with Crippen LogP contribution in [-0.2, 0) is 11.2 Å². The second kappa shape index (κ2) is 10.5. The first-order valence-corrected chi connectivity index (χ1v) is 11.6. The lowest BCUT2D eigenvalue weighted by Crippen LogP contribution is -2.49. The standard InChI is InChI=1S/C24H25FN4O4S/c1-32-20-8-7-16(13-21(20)33-2)23(31)27-24-26-17(15-34-24)14-22(30)29-11-9-28(10-12-29)19-6-4-3-5-18(19)25/h3-8,13,15H,9-12,14H2,1-2H3,(H,26,27,31). The lowest BCUT2D eigenvalue weighted by molar-refractivity contribution is -0.130. The topological polar surface area (TPSA) is 84.0 Å². The molecule has 2 amide bonds. The number of para-hydroxylation sites is 1. The number of nitrogens with one attached hydrogen (secondary N) is 1. The number of carbonyl (C=O) groups excluding carboxylic acids is 2. The molecule has 0 spiro atoms. The average molecular weight is 485 g/mol. The van der Waals surface area contributed by atoms with E-state index in [0.29, 0.717) is 59.8 Å². The molecule has 1 aliphatic heterocycles. The van der Waals surface area contributed by atoms with E-state index < -0.39 is 0 Å². The molecule has 1 aliphatic rings. The normalized spacial score (nSPS) is 13.5. The molecule has 178 valence electrons. The minimum atomic E-state index is -0.336. The third-order valence-corrected chi connectivity index (χ3v) is 6.38. The summed E-state index contributed by atoms with van der Waals surface area (Å²) in [6.45, 7) is 2.16. The number of rotatable bonds is 7. The minimum absolute atomic E-state index is 0.0451. The molecule has 2 heterocycles. The second-order valence-corrected chi connectivity index (χ2v) is 8.52. The summed E-state index contributed by atoms with van der Waals surface area (Å²) in [7, 11) is 3.03. The molecule has 1 saturated heterocycles. The summed E-state index contributed by atoms with van der Waals surface area (Å²) in [4.78, 5) is 33.4. The van der Waals surface area contributed by atoms with Crippen molar-refractivity contribution >= 4 is 34.0 Å². The third kappa shape index (κ3) is 5.28. The van der Waals surface area contributed by atoms with E-state index in [1.54, 1.807) is 46.7 Å². The molecule has 34 heavy (non-hydrogen) atoms. The number of benzene rings is 2. The summed E-state index contributed by atoms with van der Waals surface area (Å²) < 4.78 is 24.4. The number of nitrogens with zero attached hydrogens (tertiary/aromatic N) is 3. The van der Waals surface area contributed by atoms with Gasteiger partial charge < -0.3 is 19.3 Å². The highest BCUT2D eigenvalue weighted by Crippen LogP contribution is 2.28. The maximum Gasteiger partial charge on any atom is 0.257 e. The van der Waals surface area contributed by atoms with Crippen molar-refractivity contribution in [1.82, 2.24) is 9.88 Å². The first-order chi connectivity index (χ1) is 16.5. The molecule has 1 fully saturated rings. The number of carbonyl (C=O) groups is 2. The number of halogens is 1. The molecule has 0 radical (unpaired) electrons. The Morgan fingerprint density at radius 3 is 2.50 bits per heavy atom.